The number of rotatable bonds is 7. The van der Waals surface area contributed by atoms with E-state index in [0.29, 0.717) is 17.5 Å². The van der Waals surface area contributed by atoms with Gasteiger partial charge in [0.1, 0.15) is 0 Å². The van der Waals surface area contributed by atoms with Crippen molar-refractivity contribution in [1.29, 1.82) is 0 Å². The van der Waals surface area contributed by atoms with Crippen LogP contribution >= 0.6 is 0 Å². The third kappa shape index (κ3) is 5.99. The van der Waals surface area contributed by atoms with Gasteiger partial charge in [0.15, 0.2) is 0 Å². The van der Waals surface area contributed by atoms with Gasteiger partial charge in [0.25, 0.3) is 0 Å². The summed E-state index contributed by atoms with van der Waals surface area (Å²) in [6.07, 6.45) is 0.592. The molecule has 0 unspecified atom stereocenters. The largest absolute Gasteiger partial charge is 0.465 e. The Labute approximate surface area is 149 Å². The maximum absolute atomic E-state index is 12.5. The van der Waals surface area contributed by atoms with Crippen LogP contribution in [0.5, 0.6) is 0 Å². The van der Waals surface area contributed by atoms with Gasteiger partial charge in [-0.25, -0.2) is 17.9 Å². The van der Waals surface area contributed by atoms with Crippen molar-refractivity contribution in [3.05, 3.63) is 71.3 Å². The summed E-state index contributed by atoms with van der Waals surface area (Å²) < 4.78 is 32.3. The second kappa shape index (κ2) is 7.80. The van der Waals surface area contributed by atoms with Gasteiger partial charge < -0.3 is 4.74 Å². The zero-order chi connectivity index (χ0) is 18.5. The molecule has 0 amide bonds. The van der Waals surface area contributed by atoms with E-state index in [4.69, 9.17) is 0 Å². The topological polar surface area (TPSA) is 72.5 Å². The number of benzene rings is 2. The Hall–Kier alpha value is -2.18. The van der Waals surface area contributed by atoms with Crippen LogP contribution in [-0.4, -0.2) is 27.0 Å². The molecule has 0 radical (unpaired) electrons. The Morgan fingerprint density at radius 3 is 2.16 bits per heavy atom. The average molecular weight is 361 g/mol. The van der Waals surface area contributed by atoms with E-state index in [1.165, 1.54) is 7.11 Å². The standard InChI is InChI=1S/C19H23NO4S/c1-19(2,13-15-7-5-4-6-8-15)20-25(22,23)14-16-9-11-17(12-10-16)18(21)24-3/h4-12,20H,13-14H2,1-3H3. The normalized spacial score (nSPS) is 12.0. The van der Waals surface area contributed by atoms with Gasteiger partial charge >= 0.3 is 5.97 Å². The zero-order valence-electron chi connectivity index (χ0n) is 14.7. The number of carbonyl (C=O) groups excluding carboxylic acids is 1. The summed E-state index contributed by atoms with van der Waals surface area (Å²) in [4.78, 5) is 11.4. The summed E-state index contributed by atoms with van der Waals surface area (Å²) in [7, 11) is -2.21. The lowest BCUT2D eigenvalue weighted by Gasteiger charge is -2.26. The molecule has 0 aliphatic carbocycles. The van der Waals surface area contributed by atoms with E-state index in [1.807, 2.05) is 44.2 Å². The molecule has 6 heteroatoms. The van der Waals surface area contributed by atoms with Crippen LogP contribution in [-0.2, 0) is 26.9 Å². The molecule has 2 rings (SSSR count). The number of sulfonamides is 1. The van der Waals surface area contributed by atoms with Crippen LogP contribution in [0.25, 0.3) is 0 Å². The van der Waals surface area contributed by atoms with E-state index >= 15 is 0 Å². The molecule has 25 heavy (non-hydrogen) atoms. The Morgan fingerprint density at radius 2 is 1.60 bits per heavy atom. The fourth-order valence-electron chi connectivity index (χ4n) is 2.67. The third-order valence-corrected chi connectivity index (χ3v) is 5.23. The highest BCUT2D eigenvalue weighted by atomic mass is 32.2. The van der Waals surface area contributed by atoms with Crippen molar-refractivity contribution in [2.75, 3.05) is 7.11 Å². The fourth-order valence-corrected chi connectivity index (χ4v) is 4.29. The molecular weight excluding hydrogens is 338 g/mol. The van der Waals surface area contributed by atoms with Crippen molar-refractivity contribution >= 4 is 16.0 Å². The lowest BCUT2D eigenvalue weighted by molar-refractivity contribution is 0.0600. The van der Waals surface area contributed by atoms with Crippen molar-refractivity contribution in [3.63, 3.8) is 0 Å². The number of esters is 1. The minimum atomic E-state index is -3.52. The summed E-state index contributed by atoms with van der Waals surface area (Å²) in [5.41, 5.74) is 1.46. The first-order chi connectivity index (χ1) is 11.7. The highest BCUT2D eigenvalue weighted by Crippen LogP contribution is 2.16. The lowest BCUT2D eigenvalue weighted by atomic mass is 9.96. The summed E-state index contributed by atoms with van der Waals surface area (Å²) in [6.45, 7) is 3.72. The highest BCUT2D eigenvalue weighted by Gasteiger charge is 2.25. The van der Waals surface area contributed by atoms with Crippen LogP contribution in [0.4, 0.5) is 0 Å². The minimum Gasteiger partial charge on any atom is -0.465 e. The van der Waals surface area contributed by atoms with Crippen LogP contribution in [0.1, 0.15) is 35.3 Å². The monoisotopic (exact) mass is 361 g/mol. The summed E-state index contributed by atoms with van der Waals surface area (Å²) in [6, 6.07) is 16.1. The number of hydrogen-bond acceptors (Lipinski definition) is 4. The zero-order valence-corrected chi connectivity index (χ0v) is 15.5. The molecule has 0 fully saturated rings. The molecule has 0 aliphatic rings. The molecule has 1 N–H and O–H groups in total. The fraction of sp³-hybridized carbons (Fsp3) is 0.316. The van der Waals surface area contributed by atoms with Crippen molar-refractivity contribution in [1.82, 2.24) is 4.72 Å². The number of hydrogen-bond donors (Lipinski definition) is 1. The molecule has 0 bridgehead atoms. The molecule has 0 spiro atoms. The van der Waals surface area contributed by atoms with Crippen LogP contribution in [0.2, 0.25) is 0 Å². The van der Waals surface area contributed by atoms with Gasteiger partial charge in [-0.1, -0.05) is 42.5 Å². The number of ether oxygens (including phenoxy) is 1. The first-order valence-corrected chi connectivity index (χ1v) is 9.59. The summed E-state index contributed by atoms with van der Waals surface area (Å²) >= 11 is 0. The van der Waals surface area contributed by atoms with Gasteiger partial charge in [-0.3, -0.25) is 0 Å². The number of nitrogens with one attached hydrogen (secondary N) is 1. The van der Waals surface area contributed by atoms with Gasteiger partial charge in [-0.05, 0) is 43.5 Å². The van der Waals surface area contributed by atoms with E-state index in [-0.39, 0.29) is 5.75 Å². The van der Waals surface area contributed by atoms with Crippen molar-refractivity contribution in [2.45, 2.75) is 31.6 Å². The Morgan fingerprint density at radius 1 is 1.00 bits per heavy atom. The van der Waals surface area contributed by atoms with E-state index < -0.39 is 21.5 Å². The van der Waals surface area contributed by atoms with Gasteiger partial charge in [-0.2, -0.15) is 0 Å². The lowest BCUT2D eigenvalue weighted by Crippen LogP contribution is -2.45. The molecule has 0 aliphatic heterocycles. The molecule has 2 aromatic rings. The first-order valence-electron chi connectivity index (χ1n) is 7.94. The Kier molecular flexibility index (Phi) is 5.98. The molecule has 0 saturated heterocycles. The van der Waals surface area contributed by atoms with Crippen LogP contribution < -0.4 is 4.72 Å². The van der Waals surface area contributed by atoms with Gasteiger partial charge in [0.2, 0.25) is 10.0 Å². The number of methoxy groups -OCH3 is 1. The Balaban J connectivity index is 2.04. The second-order valence-electron chi connectivity index (χ2n) is 6.60. The minimum absolute atomic E-state index is 0.146. The SMILES string of the molecule is COC(=O)c1ccc(CS(=O)(=O)NC(C)(C)Cc2ccccc2)cc1. The van der Waals surface area contributed by atoms with E-state index in [1.54, 1.807) is 24.3 Å². The molecule has 0 saturated carbocycles. The van der Waals surface area contributed by atoms with Crippen LogP contribution in [0.15, 0.2) is 54.6 Å². The second-order valence-corrected chi connectivity index (χ2v) is 8.32. The van der Waals surface area contributed by atoms with Gasteiger partial charge in [0.05, 0.1) is 18.4 Å². The molecule has 2 aromatic carbocycles. The number of carbonyl (C=O) groups is 1. The van der Waals surface area contributed by atoms with E-state index in [0.717, 1.165) is 5.56 Å². The third-order valence-electron chi connectivity index (χ3n) is 3.65. The maximum Gasteiger partial charge on any atom is 0.337 e. The molecule has 5 nitrogen and oxygen atoms in total. The summed E-state index contributed by atoms with van der Waals surface area (Å²) in [5.74, 6) is -0.594. The van der Waals surface area contributed by atoms with Crippen LogP contribution in [0, 0.1) is 0 Å². The molecule has 0 aromatic heterocycles. The summed E-state index contributed by atoms with van der Waals surface area (Å²) in [5, 5.41) is 0. The molecule has 0 atom stereocenters. The van der Waals surface area contributed by atoms with Crippen molar-refractivity contribution in [2.24, 2.45) is 0 Å². The van der Waals surface area contributed by atoms with Gasteiger partial charge in [0, 0.05) is 5.54 Å². The predicted molar refractivity (Wildman–Crippen MR) is 97.8 cm³/mol. The quantitative estimate of drug-likeness (QED) is 0.770. The van der Waals surface area contributed by atoms with Crippen molar-refractivity contribution in [3.8, 4) is 0 Å². The smallest absolute Gasteiger partial charge is 0.337 e. The molecular formula is C19H23NO4S. The Bertz CT molecular complexity index is 812. The molecule has 0 heterocycles. The highest BCUT2D eigenvalue weighted by molar-refractivity contribution is 7.88. The average Bonchev–Trinajstić information content (AvgIpc) is 2.53. The first kappa shape index (κ1) is 19.1. The molecule has 134 valence electrons. The van der Waals surface area contributed by atoms with E-state index in [9.17, 15) is 13.2 Å². The van der Waals surface area contributed by atoms with Crippen molar-refractivity contribution < 1.29 is 17.9 Å². The predicted octanol–water partition coefficient (Wildman–Crippen LogP) is 2.91. The van der Waals surface area contributed by atoms with E-state index in [2.05, 4.69) is 9.46 Å². The van der Waals surface area contributed by atoms with Gasteiger partial charge in [-0.15, -0.1) is 0 Å². The van der Waals surface area contributed by atoms with Crippen LogP contribution in [0.3, 0.4) is 0 Å². The maximum atomic E-state index is 12.5.